The van der Waals surface area contributed by atoms with Gasteiger partial charge in [0.25, 0.3) is 0 Å². The Bertz CT molecular complexity index is 506. The third kappa shape index (κ3) is 4.81. The van der Waals surface area contributed by atoms with Crippen molar-refractivity contribution in [3.63, 3.8) is 0 Å². The van der Waals surface area contributed by atoms with E-state index in [0.717, 1.165) is 31.0 Å². The summed E-state index contributed by atoms with van der Waals surface area (Å²) in [7, 11) is 1.70. The van der Waals surface area contributed by atoms with Gasteiger partial charge in [0.15, 0.2) is 0 Å². The van der Waals surface area contributed by atoms with E-state index in [4.69, 9.17) is 4.74 Å². The second kappa shape index (κ2) is 8.06. The standard InChI is InChI=1S/C14H19N5O/c1-20-9-3-7-16-13-5-8-17-14(19-13)18-11-12-4-2-6-15-10-12/h2,4-6,8,10H,3,7,9,11H2,1H3,(H2,16,17,18,19). The Morgan fingerprint density at radius 3 is 2.95 bits per heavy atom. The van der Waals surface area contributed by atoms with Gasteiger partial charge in [-0.25, -0.2) is 4.98 Å². The summed E-state index contributed by atoms with van der Waals surface area (Å²) in [5.41, 5.74) is 1.09. The molecule has 2 rings (SSSR count). The summed E-state index contributed by atoms with van der Waals surface area (Å²) in [6, 6.07) is 5.76. The lowest BCUT2D eigenvalue weighted by Gasteiger charge is -2.08. The minimum Gasteiger partial charge on any atom is -0.385 e. The molecule has 0 saturated heterocycles. The number of nitrogens with one attached hydrogen (secondary N) is 2. The first kappa shape index (κ1) is 14.2. The Morgan fingerprint density at radius 1 is 1.20 bits per heavy atom. The normalized spacial score (nSPS) is 10.2. The van der Waals surface area contributed by atoms with Gasteiger partial charge in [0.1, 0.15) is 5.82 Å². The Labute approximate surface area is 118 Å². The summed E-state index contributed by atoms with van der Waals surface area (Å²) in [6.45, 7) is 2.22. The van der Waals surface area contributed by atoms with Crippen molar-refractivity contribution in [3.8, 4) is 0 Å². The van der Waals surface area contributed by atoms with Crippen LogP contribution in [-0.2, 0) is 11.3 Å². The molecule has 0 aliphatic heterocycles. The second-order valence-corrected chi connectivity index (χ2v) is 4.25. The van der Waals surface area contributed by atoms with Crippen LogP contribution in [0.5, 0.6) is 0 Å². The van der Waals surface area contributed by atoms with Crippen LogP contribution in [0.15, 0.2) is 36.8 Å². The number of pyridine rings is 1. The van der Waals surface area contributed by atoms with Gasteiger partial charge in [0, 0.05) is 45.4 Å². The molecule has 6 nitrogen and oxygen atoms in total. The van der Waals surface area contributed by atoms with Crippen molar-refractivity contribution < 1.29 is 4.74 Å². The molecule has 2 aromatic rings. The van der Waals surface area contributed by atoms with Crippen molar-refractivity contribution >= 4 is 11.8 Å². The molecular formula is C14H19N5O. The molecule has 0 unspecified atom stereocenters. The topological polar surface area (TPSA) is 72.0 Å². The summed E-state index contributed by atoms with van der Waals surface area (Å²) in [4.78, 5) is 12.6. The zero-order valence-electron chi connectivity index (χ0n) is 11.5. The van der Waals surface area contributed by atoms with Crippen molar-refractivity contribution in [1.29, 1.82) is 0 Å². The van der Waals surface area contributed by atoms with Gasteiger partial charge in [-0.1, -0.05) is 6.07 Å². The Morgan fingerprint density at radius 2 is 2.15 bits per heavy atom. The SMILES string of the molecule is COCCCNc1ccnc(NCc2cccnc2)n1. The number of nitrogens with zero attached hydrogens (tertiary/aromatic N) is 3. The molecule has 0 bridgehead atoms. The van der Waals surface area contributed by atoms with Crippen LogP contribution in [-0.4, -0.2) is 35.2 Å². The van der Waals surface area contributed by atoms with Crippen LogP contribution in [0, 0.1) is 0 Å². The van der Waals surface area contributed by atoms with Crippen molar-refractivity contribution in [2.45, 2.75) is 13.0 Å². The van der Waals surface area contributed by atoms with Gasteiger partial charge >= 0.3 is 0 Å². The van der Waals surface area contributed by atoms with Gasteiger partial charge in [-0.2, -0.15) is 4.98 Å². The molecule has 0 amide bonds. The van der Waals surface area contributed by atoms with E-state index in [1.54, 1.807) is 19.5 Å². The highest BCUT2D eigenvalue weighted by Crippen LogP contribution is 2.07. The van der Waals surface area contributed by atoms with Crippen molar-refractivity contribution in [1.82, 2.24) is 15.0 Å². The number of anilines is 2. The fourth-order valence-corrected chi connectivity index (χ4v) is 1.66. The van der Waals surface area contributed by atoms with Crippen LogP contribution in [0.25, 0.3) is 0 Å². The summed E-state index contributed by atoms with van der Waals surface area (Å²) in [6.07, 6.45) is 6.25. The maximum Gasteiger partial charge on any atom is 0.224 e. The van der Waals surface area contributed by atoms with Gasteiger partial charge < -0.3 is 15.4 Å². The summed E-state index contributed by atoms with van der Waals surface area (Å²) in [5, 5.41) is 6.41. The molecule has 2 N–H and O–H groups in total. The highest BCUT2D eigenvalue weighted by molar-refractivity contribution is 5.39. The van der Waals surface area contributed by atoms with Gasteiger partial charge in [0.05, 0.1) is 0 Å². The lowest BCUT2D eigenvalue weighted by atomic mass is 10.3. The molecule has 0 radical (unpaired) electrons. The number of hydrogen-bond acceptors (Lipinski definition) is 6. The van der Waals surface area contributed by atoms with E-state index < -0.39 is 0 Å². The number of ether oxygens (including phenoxy) is 1. The molecule has 0 atom stereocenters. The first-order valence-corrected chi connectivity index (χ1v) is 6.57. The molecule has 0 aromatic carbocycles. The quantitative estimate of drug-likeness (QED) is 0.716. The van der Waals surface area contributed by atoms with Gasteiger partial charge in [-0.3, -0.25) is 4.98 Å². The molecule has 0 aliphatic carbocycles. The first-order valence-electron chi connectivity index (χ1n) is 6.57. The summed E-state index contributed by atoms with van der Waals surface area (Å²) in [5.74, 6) is 1.41. The molecule has 6 heteroatoms. The average Bonchev–Trinajstić information content (AvgIpc) is 2.51. The molecule has 2 heterocycles. The zero-order chi connectivity index (χ0) is 14.0. The van der Waals surface area contributed by atoms with E-state index in [0.29, 0.717) is 12.5 Å². The van der Waals surface area contributed by atoms with E-state index in [9.17, 15) is 0 Å². The van der Waals surface area contributed by atoms with E-state index >= 15 is 0 Å². The third-order valence-electron chi connectivity index (χ3n) is 2.66. The predicted molar refractivity (Wildman–Crippen MR) is 78.6 cm³/mol. The smallest absolute Gasteiger partial charge is 0.224 e. The molecule has 2 aromatic heterocycles. The van der Waals surface area contributed by atoms with E-state index in [2.05, 4.69) is 25.6 Å². The Kier molecular flexibility index (Phi) is 5.72. The maximum absolute atomic E-state index is 5.00. The molecule has 0 saturated carbocycles. The van der Waals surface area contributed by atoms with E-state index in [-0.39, 0.29) is 0 Å². The van der Waals surface area contributed by atoms with Crippen LogP contribution >= 0.6 is 0 Å². The van der Waals surface area contributed by atoms with Crippen LogP contribution in [0.2, 0.25) is 0 Å². The monoisotopic (exact) mass is 273 g/mol. The number of aromatic nitrogens is 3. The summed E-state index contributed by atoms with van der Waals surface area (Å²) < 4.78 is 5.00. The molecule has 0 aliphatic rings. The van der Waals surface area contributed by atoms with Crippen LogP contribution in [0.3, 0.4) is 0 Å². The van der Waals surface area contributed by atoms with Crippen molar-refractivity contribution in [3.05, 3.63) is 42.4 Å². The molecule has 0 spiro atoms. The maximum atomic E-state index is 5.00. The van der Waals surface area contributed by atoms with E-state index in [1.807, 2.05) is 24.4 Å². The highest BCUT2D eigenvalue weighted by Gasteiger charge is 1.99. The fraction of sp³-hybridized carbons (Fsp3) is 0.357. The van der Waals surface area contributed by atoms with Crippen LogP contribution in [0.4, 0.5) is 11.8 Å². The van der Waals surface area contributed by atoms with Crippen molar-refractivity contribution in [2.75, 3.05) is 30.9 Å². The molecular weight excluding hydrogens is 254 g/mol. The third-order valence-corrected chi connectivity index (χ3v) is 2.66. The van der Waals surface area contributed by atoms with Crippen LogP contribution < -0.4 is 10.6 Å². The highest BCUT2D eigenvalue weighted by atomic mass is 16.5. The number of rotatable bonds is 8. The first-order chi connectivity index (χ1) is 9.88. The predicted octanol–water partition coefficient (Wildman–Crippen LogP) is 1.93. The summed E-state index contributed by atoms with van der Waals surface area (Å²) >= 11 is 0. The second-order valence-electron chi connectivity index (χ2n) is 4.25. The Balaban J connectivity index is 1.83. The molecule has 106 valence electrons. The van der Waals surface area contributed by atoms with E-state index in [1.165, 1.54) is 0 Å². The number of hydrogen-bond donors (Lipinski definition) is 2. The minimum absolute atomic E-state index is 0.602. The van der Waals surface area contributed by atoms with Gasteiger partial charge in [0.2, 0.25) is 5.95 Å². The molecule has 0 fully saturated rings. The average molecular weight is 273 g/mol. The van der Waals surface area contributed by atoms with Crippen LogP contribution in [0.1, 0.15) is 12.0 Å². The minimum atomic E-state index is 0.602. The zero-order valence-corrected chi connectivity index (χ0v) is 11.5. The van der Waals surface area contributed by atoms with Gasteiger partial charge in [-0.15, -0.1) is 0 Å². The Hall–Kier alpha value is -2.21. The largest absolute Gasteiger partial charge is 0.385 e. The molecule has 20 heavy (non-hydrogen) atoms. The van der Waals surface area contributed by atoms with Gasteiger partial charge in [-0.05, 0) is 24.1 Å². The lowest BCUT2D eigenvalue weighted by molar-refractivity contribution is 0.198. The fourth-order valence-electron chi connectivity index (χ4n) is 1.66. The number of methoxy groups -OCH3 is 1. The van der Waals surface area contributed by atoms with Crippen molar-refractivity contribution in [2.24, 2.45) is 0 Å². The lowest BCUT2D eigenvalue weighted by Crippen LogP contribution is -2.08.